The van der Waals surface area contributed by atoms with Crippen molar-refractivity contribution < 1.29 is 14.6 Å². The van der Waals surface area contributed by atoms with E-state index >= 15 is 0 Å². The summed E-state index contributed by atoms with van der Waals surface area (Å²) in [6.07, 6.45) is 9.31. The average Bonchev–Trinajstić information content (AvgIpc) is 2.86. The summed E-state index contributed by atoms with van der Waals surface area (Å²) in [6, 6.07) is 0.247. The van der Waals surface area contributed by atoms with Gasteiger partial charge in [0.1, 0.15) is 0 Å². The Hall–Kier alpha value is -1.52. The number of aromatic nitrogens is 2. The summed E-state index contributed by atoms with van der Waals surface area (Å²) >= 11 is 0. The Bertz CT molecular complexity index is 445. The number of hydrogen-bond acceptors (Lipinski definition) is 3. The van der Waals surface area contributed by atoms with Crippen LogP contribution in [0.5, 0.6) is 5.75 Å². The molecular formula is C13H18N2O3. The molecule has 18 heavy (non-hydrogen) atoms. The highest BCUT2D eigenvalue weighted by Crippen LogP contribution is 2.35. The molecule has 0 aliphatic heterocycles. The molecular weight excluding hydrogens is 232 g/mol. The number of carboxylic acid groups (broad SMARTS) is 1. The van der Waals surface area contributed by atoms with Crippen molar-refractivity contribution in [2.24, 2.45) is 0 Å². The smallest absolute Gasteiger partial charge is 0.358 e. The zero-order valence-corrected chi connectivity index (χ0v) is 10.3. The van der Waals surface area contributed by atoms with Gasteiger partial charge in [0.25, 0.3) is 0 Å². The lowest BCUT2D eigenvalue weighted by Gasteiger charge is -2.26. The van der Waals surface area contributed by atoms with E-state index < -0.39 is 5.97 Å². The largest absolute Gasteiger partial charge is 0.486 e. The van der Waals surface area contributed by atoms with E-state index in [2.05, 4.69) is 5.10 Å². The SMILES string of the molecule is O=C(O)c1c(OC2CCCC2)cnn1C1CCC1. The molecule has 0 atom stereocenters. The quantitative estimate of drug-likeness (QED) is 0.892. The van der Waals surface area contributed by atoms with Gasteiger partial charge in [-0.1, -0.05) is 0 Å². The molecule has 5 nitrogen and oxygen atoms in total. The van der Waals surface area contributed by atoms with Gasteiger partial charge in [-0.05, 0) is 44.9 Å². The van der Waals surface area contributed by atoms with Gasteiger partial charge in [0.15, 0.2) is 11.4 Å². The van der Waals surface area contributed by atoms with Crippen LogP contribution in [0.1, 0.15) is 61.5 Å². The molecule has 1 aromatic rings. The van der Waals surface area contributed by atoms with Gasteiger partial charge in [0.2, 0.25) is 0 Å². The summed E-state index contributed by atoms with van der Waals surface area (Å²) in [7, 11) is 0. The molecule has 0 aromatic carbocycles. The highest BCUT2D eigenvalue weighted by atomic mass is 16.5. The molecule has 3 rings (SSSR count). The van der Waals surface area contributed by atoms with E-state index in [1.54, 1.807) is 10.9 Å². The minimum absolute atomic E-state index is 0.169. The molecule has 0 saturated heterocycles. The van der Waals surface area contributed by atoms with E-state index in [4.69, 9.17) is 4.74 Å². The fraction of sp³-hybridized carbons (Fsp3) is 0.692. The first-order valence-electron chi connectivity index (χ1n) is 6.73. The van der Waals surface area contributed by atoms with Gasteiger partial charge in [0, 0.05) is 0 Å². The Labute approximate surface area is 106 Å². The fourth-order valence-corrected chi connectivity index (χ4v) is 2.73. The van der Waals surface area contributed by atoms with Gasteiger partial charge >= 0.3 is 5.97 Å². The van der Waals surface area contributed by atoms with Crippen molar-refractivity contribution in [3.05, 3.63) is 11.9 Å². The van der Waals surface area contributed by atoms with Crippen molar-refractivity contribution in [2.45, 2.75) is 57.1 Å². The Morgan fingerprint density at radius 2 is 2.00 bits per heavy atom. The standard InChI is InChI=1S/C13H18N2O3/c16-13(17)12-11(18-10-6-1-2-7-10)8-14-15(12)9-4-3-5-9/h8-10H,1-7H2,(H,16,17). The van der Waals surface area contributed by atoms with Crippen molar-refractivity contribution >= 4 is 5.97 Å². The lowest BCUT2D eigenvalue weighted by atomic mass is 9.93. The van der Waals surface area contributed by atoms with Gasteiger partial charge in [0.05, 0.1) is 18.3 Å². The molecule has 1 heterocycles. The summed E-state index contributed by atoms with van der Waals surface area (Å²) in [4.78, 5) is 11.4. The van der Waals surface area contributed by atoms with Crippen molar-refractivity contribution in [1.29, 1.82) is 0 Å². The molecule has 0 amide bonds. The minimum Gasteiger partial charge on any atom is -0.486 e. The molecule has 0 bridgehead atoms. The Balaban J connectivity index is 1.83. The van der Waals surface area contributed by atoms with Gasteiger partial charge in [-0.25, -0.2) is 4.79 Å². The maximum Gasteiger partial charge on any atom is 0.358 e. The summed E-state index contributed by atoms with van der Waals surface area (Å²) in [5.74, 6) is -0.492. The van der Waals surface area contributed by atoms with Gasteiger partial charge in [-0.3, -0.25) is 4.68 Å². The zero-order chi connectivity index (χ0) is 12.5. The third-order valence-corrected chi connectivity index (χ3v) is 3.98. The number of carbonyl (C=O) groups is 1. The molecule has 1 aromatic heterocycles. The molecule has 5 heteroatoms. The van der Waals surface area contributed by atoms with Crippen LogP contribution in [0.4, 0.5) is 0 Å². The molecule has 2 aliphatic rings. The molecule has 0 radical (unpaired) electrons. The second kappa shape index (κ2) is 4.63. The average molecular weight is 250 g/mol. The normalized spacial score (nSPS) is 20.9. The van der Waals surface area contributed by atoms with Gasteiger partial charge < -0.3 is 9.84 Å². The van der Waals surface area contributed by atoms with Crippen LogP contribution >= 0.6 is 0 Å². The second-order valence-corrected chi connectivity index (χ2v) is 5.22. The van der Waals surface area contributed by atoms with Gasteiger partial charge in [-0.15, -0.1) is 0 Å². The molecule has 98 valence electrons. The first-order valence-corrected chi connectivity index (χ1v) is 6.73. The first kappa shape index (κ1) is 11.6. The fourth-order valence-electron chi connectivity index (χ4n) is 2.73. The number of rotatable bonds is 4. The highest BCUT2D eigenvalue weighted by molar-refractivity contribution is 5.88. The zero-order valence-electron chi connectivity index (χ0n) is 10.3. The van der Waals surface area contributed by atoms with Crippen LogP contribution in [0.25, 0.3) is 0 Å². The van der Waals surface area contributed by atoms with Crippen molar-refractivity contribution in [3.8, 4) is 5.75 Å². The lowest BCUT2D eigenvalue weighted by molar-refractivity contribution is 0.0666. The van der Waals surface area contributed by atoms with Crippen molar-refractivity contribution in [2.75, 3.05) is 0 Å². The van der Waals surface area contributed by atoms with E-state index in [9.17, 15) is 9.90 Å². The number of carboxylic acids is 1. The summed E-state index contributed by atoms with van der Waals surface area (Å²) < 4.78 is 7.44. The molecule has 2 fully saturated rings. The van der Waals surface area contributed by atoms with Gasteiger partial charge in [-0.2, -0.15) is 5.10 Å². The second-order valence-electron chi connectivity index (χ2n) is 5.22. The molecule has 2 saturated carbocycles. The van der Waals surface area contributed by atoms with Crippen LogP contribution in [0, 0.1) is 0 Å². The Morgan fingerprint density at radius 3 is 2.56 bits per heavy atom. The number of ether oxygens (including phenoxy) is 1. The van der Waals surface area contributed by atoms with E-state index in [0.717, 1.165) is 32.1 Å². The minimum atomic E-state index is -0.938. The number of hydrogen-bond donors (Lipinski definition) is 1. The summed E-state index contributed by atoms with van der Waals surface area (Å²) in [6.45, 7) is 0. The van der Waals surface area contributed by atoms with Crippen LogP contribution in [0.3, 0.4) is 0 Å². The van der Waals surface area contributed by atoms with E-state index in [-0.39, 0.29) is 17.8 Å². The molecule has 0 spiro atoms. The molecule has 1 N–H and O–H groups in total. The maximum atomic E-state index is 11.4. The van der Waals surface area contributed by atoms with Crippen LogP contribution in [0.15, 0.2) is 6.20 Å². The van der Waals surface area contributed by atoms with E-state index in [1.165, 1.54) is 12.8 Å². The van der Waals surface area contributed by atoms with Crippen molar-refractivity contribution in [3.63, 3.8) is 0 Å². The molecule has 2 aliphatic carbocycles. The summed E-state index contributed by atoms with van der Waals surface area (Å²) in [5, 5.41) is 13.5. The first-order chi connectivity index (χ1) is 8.75. The predicted molar refractivity (Wildman–Crippen MR) is 65.0 cm³/mol. The topological polar surface area (TPSA) is 64.3 Å². The third kappa shape index (κ3) is 1.98. The predicted octanol–water partition coefficient (Wildman–Crippen LogP) is 2.63. The van der Waals surface area contributed by atoms with Crippen LogP contribution in [0.2, 0.25) is 0 Å². The number of aromatic carboxylic acids is 1. The van der Waals surface area contributed by atoms with Crippen LogP contribution in [-0.2, 0) is 0 Å². The van der Waals surface area contributed by atoms with E-state index in [1.807, 2.05) is 0 Å². The number of nitrogens with zero attached hydrogens (tertiary/aromatic N) is 2. The Kier molecular flexibility index (Phi) is 2.97. The summed E-state index contributed by atoms with van der Waals surface area (Å²) in [5.41, 5.74) is 0.228. The van der Waals surface area contributed by atoms with E-state index in [0.29, 0.717) is 5.75 Å². The molecule has 0 unspecified atom stereocenters. The van der Waals surface area contributed by atoms with Crippen LogP contribution < -0.4 is 4.74 Å². The maximum absolute atomic E-state index is 11.4. The van der Waals surface area contributed by atoms with Crippen molar-refractivity contribution in [1.82, 2.24) is 9.78 Å². The van der Waals surface area contributed by atoms with Crippen LogP contribution in [-0.4, -0.2) is 27.0 Å². The highest BCUT2D eigenvalue weighted by Gasteiger charge is 2.29. The lowest BCUT2D eigenvalue weighted by Crippen LogP contribution is -2.23. The monoisotopic (exact) mass is 250 g/mol. The third-order valence-electron chi connectivity index (χ3n) is 3.98. The Morgan fingerprint density at radius 1 is 1.28 bits per heavy atom.